The molecule has 1 aliphatic rings. The van der Waals surface area contributed by atoms with Crippen molar-refractivity contribution in [2.45, 2.75) is 17.4 Å². The van der Waals surface area contributed by atoms with Crippen LogP contribution in [0.3, 0.4) is 0 Å². The Kier molecular flexibility index (Phi) is 1.51. The van der Waals surface area contributed by atoms with Crippen molar-refractivity contribution in [3.05, 3.63) is 35.9 Å². The van der Waals surface area contributed by atoms with Crippen LogP contribution >= 0.6 is 0 Å². The van der Waals surface area contributed by atoms with Crippen molar-refractivity contribution in [1.29, 1.82) is 0 Å². The first-order valence-electron chi connectivity index (χ1n) is 3.91. The van der Waals surface area contributed by atoms with E-state index < -0.39 is 9.84 Å². The summed E-state index contributed by atoms with van der Waals surface area (Å²) in [5.41, 5.74) is 0.921. The van der Waals surface area contributed by atoms with E-state index in [0.29, 0.717) is 0 Å². The zero-order chi connectivity index (χ0) is 8.77. The van der Waals surface area contributed by atoms with Crippen molar-refractivity contribution in [1.82, 2.24) is 0 Å². The van der Waals surface area contributed by atoms with Gasteiger partial charge in [-0.2, -0.15) is 0 Å². The Morgan fingerprint density at radius 1 is 1.17 bits per heavy atom. The molecule has 2 nitrogen and oxygen atoms in total. The molecule has 64 valence electrons. The number of hydrogen-bond donors (Lipinski definition) is 0. The van der Waals surface area contributed by atoms with Crippen LogP contribution in [0.5, 0.6) is 0 Å². The zero-order valence-electron chi connectivity index (χ0n) is 6.77. The molecule has 0 aliphatic carbocycles. The van der Waals surface area contributed by atoms with Crippen molar-refractivity contribution in [3.8, 4) is 0 Å². The summed E-state index contributed by atoms with van der Waals surface area (Å²) in [6.45, 7) is 1.76. The maximum absolute atomic E-state index is 11.2. The molecule has 0 amide bonds. The van der Waals surface area contributed by atoms with E-state index in [9.17, 15) is 8.42 Å². The van der Waals surface area contributed by atoms with Crippen LogP contribution in [0.2, 0.25) is 0 Å². The fourth-order valence-corrected chi connectivity index (χ4v) is 3.26. The lowest BCUT2D eigenvalue weighted by atomic mass is 10.1. The van der Waals surface area contributed by atoms with Crippen LogP contribution in [0.25, 0.3) is 0 Å². The Hall–Kier alpha value is -0.830. The second kappa shape index (κ2) is 2.33. The molecule has 2 atom stereocenters. The molecule has 0 N–H and O–H groups in total. The average Bonchev–Trinajstić information content (AvgIpc) is 2.53. The SMILES string of the molecule is C[C@@H]1[C@@H](c2ccccc2)S1(=O)=O. The Morgan fingerprint density at radius 3 is 2.08 bits per heavy atom. The van der Waals surface area contributed by atoms with Crippen LogP contribution in [0.15, 0.2) is 30.3 Å². The molecular formula is C9H10O2S. The quantitative estimate of drug-likeness (QED) is 0.617. The Morgan fingerprint density at radius 2 is 1.67 bits per heavy atom. The smallest absolute Gasteiger partial charge is 0.162 e. The third-order valence-electron chi connectivity index (χ3n) is 2.35. The molecule has 0 bridgehead atoms. The molecule has 12 heavy (non-hydrogen) atoms. The van der Waals surface area contributed by atoms with Crippen molar-refractivity contribution in [2.24, 2.45) is 0 Å². The lowest BCUT2D eigenvalue weighted by Gasteiger charge is -1.91. The van der Waals surface area contributed by atoms with Gasteiger partial charge in [0.25, 0.3) is 0 Å². The molecule has 0 unspecified atom stereocenters. The van der Waals surface area contributed by atoms with E-state index >= 15 is 0 Å². The summed E-state index contributed by atoms with van der Waals surface area (Å²) in [5.74, 6) is 0. The fraction of sp³-hybridized carbons (Fsp3) is 0.333. The number of sulfone groups is 1. The lowest BCUT2D eigenvalue weighted by molar-refractivity contribution is 0.611. The van der Waals surface area contributed by atoms with Gasteiger partial charge in [-0.1, -0.05) is 30.3 Å². The normalized spacial score (nSPS) is 31.4. The third-order valence-corrected chi connectivity index (χ3v) is 4.73. The van der Waals surface area contributed by atoms with Crippen LogP contribution in [-0.2, 0) is 9.84 Å². The maximum atomic E-state index is 11.2. The topological polar surface area (TPSA) is 34.1 Å². The van der Waals surface area contributed by atoms with Gasteiger partial charge in [-0.25, -0.2) is 8.42 Å². The average molecular weight is 182 g/mol. The summed E-state index contributed by atoms with van der Waals surface area (Å²) in [6.07, 6.45) is 0. The highest BCUT2D eigenvalue weighted by atomic mass is 32.2. The molecule has 0 spiro atoms. The second-order valence-electron chi connectivity index (χ2n) is 3.13. The molecular weight excluding hydrogens is 172 g/mol. The molecule has 0 radical (unpaired) electrons. The van der Waals surface area contributed by atoms with Gasteiger partial charge in [0.05, 0.1) is 5.25 Å². The van der Waals surface area contributed by atoms with Gasteiger partial charge in [0.1, 0.15) is 5.25 Å². The molecule has 1 aromatic carbocycles. The Bertz CT molecular complexity index is 380. The number of rotatable bonds is 1. The molecule has 1 fully saturated rings. The summed E-state index contributed by atoms with van der Waals surface area (Å²) >= 11 is 0. The molecule has 0 aromatic heterocycles. The van der Waals surface area contributed by atoms with Crippen molar-refractivity contribution < 1.29 is 8.42 Å². The molecule has 2 rings (SSSR count). The van der Waals surface area contributed by atoms with E-state index in [4.69, 9.17) is 0 Å². The van der Waals surface area contributed by atoms with Gasteiger partial charge in [0.2, 0.25) is 0 Å². The molecule has 1 aromatic rings. The van der Waals surface area contributed by atoms with Crippen molar-refractivity contribution in [2.75, 3.05) is 0 Å². The fourth-order valence-electron chi connectivity index (χ4n) is 1.50. The van der Waals surface area contributed by atoms with Gasteiger partial charge in [0, 0.05) is 0 Å². The number of benzene rings is 1. The van der Waals surface area contributed by atoms with E-state index in [1.165, 1.54) is 0 Å². The maximum Gasteiger partial charge on any atom is 0.162 e. The van der Waals surface area contributed by atoms with Crippen LogP contribution < -0.4 is 0 Å². The van der Waals surface area contributed by atoms with Gasteiger partial charge >= 0.3 is 0 Å². The van der Waals surface area contributed by atoms with E-state index in [-0.39, 0.29) is 10.5 Å². The summed E-state index contributed by atoms with van der Waals surface area (Å²) in [4.78, 5) is 0. The predicted octanol–water partition coefficient (Wildman–Crippen LogP) is 1.54. The van der Waals surface area contributed by atoms with Crippen LogP contribution in [0, 0.1) is 0 Å². The largest absolute Gasteiger partial charge is 0.228 e. The minimum atomic E-state index is -2.79. The monoisotopic (exact) mass is 182 g/mol. The van der Waals surface area contributed by atoms with Gasteiger partial charge in [-0.3, -0.25) is 0 Å². The second-order valence-corrected chi connectivity index (χ2v) is 5.55. The van der Waals surface area contributed by atoms with Crippen molar-refractivity contribution in [3.63, 3.8) is 0 Å². The summed E-state index contributed by atoms with van der Waals surface area (Å²) in [7, 11) is -2.79. The van der Waals surface area contributed by atoms with E-state index in [0.717, 1.165) is 5.56 Å². The van der Waals surface area contributed by atoms with E-state index in [2.05, 4.69) is 0 Å². The molecule has 3 heteroatoms. The Balaban J connectivity index is 2.38. The summed E-state index contributed by atoms with van der Waals surface area (Å²) in [6, 6.07) is 9.37. The zero-order valence-corrected chi connectivity index (χ0v) is 7.58. The highest BCUT2D eigenvalue weighted by Gasteiger charge is 2.54. The Labute approximate surface area is 72.1 Å². The third kappa shape index (κ3) is 0.966. The van der Waals surface area contributed by atoms with Crippen molar-refractivity contribution >= 4 is 9.84 Å². The lowest BCUT2D eigenvalue weighted by Crippen LogP contribution is -1.81. The first-order chi connectivity index (χ1) is 5.64. The van der Waals surface area contributed by atoms with Crippen LogP contribution in [0.1, 0.15) is 17.7 Å². The predicted molar refractivity (Wildman–Crippen MR) is 47.6 cm³/mol. The van der Waals surface area contributed by atoms with Crippen LogP contribution in [-0.4, -0.2) is 13.7 Å². The van der Waals surface area contributed by atoms with Gasteiger partial charge < -0.3 is 0 Å². The van der Waals surface area contributed by atoms with Gasteiger partial charge in [-0.15, -0.1) is 0 Å². The van der Waals surface area contributed by atoms with Crippen LogP contribution in [0.4, 0.5) is 0 Å². The summed E-state index contributed by atoms with van der Waals surface area (Å²) < 4.78 is 22.4. The standard InChI is InChI=1S/C9H10O2S/c1-7-9(12(7,10)11)8-5-3-2-4-6-8/h2-7,9H,1H3/t7-,9+/m1/s1. The number of hydrogen-bond acceptors (Lipinski definition) is 2. The molecule has 1 heterocycles. The van der Waals surface area contributed by atoms with E-state index in [1.54, 1.807) is 6.92 Å². The minimum Gasteiger partial charge on any atom is -0.228 e. The molecule has 1 aliphatic heterocycles. The first-order valence-corrected chi connectivity index (χ1v) is 5.52. The summed E-state index contributed by atoms with van der Waals surface area (Å²) in [5, 5.41) is -0.418. The highest BCUT2D eigenvalue weighted by molar-refractivity contribution is 7.99. The first kappa shape index (κ1) is 7.80. The highest BCUT2D eigenvalue weighted by Crippen LogP contribution is 2.46. The van der Waals surface area contributed by atoms with Gasteiger partial charge in [0.15, 0.2) is 9.84 Å². The van der Waals surface area contributed by atoms with E-state index in [1.807, 2.05) is 30.3 Å². The minimum absolute atomic E-state index is 0.181. The van der Waals surface area contributed by atoms with Gasteiger partial charge in [-0.05, 0) is 12.5 Å². The molecule has 1 saturated heterocycles. The molecule has 0 saturated carbocycles.